The molecule has 59 heavy (non-hydrogen) atoms. The molecule has 0 amide bonds. The van der Waals surface area contributed by atoms with Crippen LogP contribution in [-0.2, 0) is 32.7 Å². The molecule has 0 radical (unpaired) electrons. The zero-order valence-corrected chi connectivity index (χ0v) is 36.8. The SMILES string of the molecule is CC/C=C\C/C=C\C/C=C\C/C=C\C/C=C\CCCCCC(=O)OC[C@H](COP(=O)(O)OCCN)OC(=O)CCC[C@@H](O)\C=C/C=C/C=C/[C@@H](O)C/C=C\CCCCC. The number of ether oxygens (including phenoxy) is 2. The van der Waals surface area contributed by atoms with Crippen LogP contribution in [0.3, 0.4) is 0 Å². The van der Waals surface area contributed by atoms with Crippen LogP contribution in [0.5, 0.6) is 0 Å². The highest BCUT2D eigenvalue weighted by molar-refractivity contribution is 7.47. The van der Waals surface area contributed by atoms with Crippen molar-refractivity contribution in [1.29, 1.82) is 0 Å². The predicted molar refractivity (Wildman–Crippen MR) is 240 cm³/mol. The van der Waals surface area contributed by atoms with E-state index in [-0.39, 0.29) is 39.0 Å². The van der Waals surface area contributed by atoms with Crippen LogP contribution in [0.15, 0.2) is 109 Å². The first-order chi connectivity index (χ1) is 28.6. The van der Waals surface area contributed by atoms with Crippen LogP contribution in [0.1, 0.15) is 129 Å². The van der Waals surface area contributed by atoms with E-state index in [4.69, 9.17) is 24.3 Å². The van der Waals surface area contributed by atoms with Gasteiger partial charge in [-0.25, -0.2) is 4.57 Å². The summed E-state index contributed by atoms with van der Waals surface area (Å²) in [5, 5.41) is 20.3. The Kier molecular flexibility index (Phi) is 38.9. The molecule has 0 spiro atoms. The van der Waals surface area contributed by atoms with Crippen molar-refractivity contribution < 1.29 is 47.8 Å². The molecule has 1 unspecified atom stereocenters. The Labute approximate surface area is 355 Å². The van der Waals surface area contributed by atoms with Gasteiger partial charge in [0.05, 0.1) is 25.4 Å². The predicted octanol–water partition coefficient (Wildman–Crippen LogP) is 10.3. The van der Waals surface area contributed by atoms with Crippen LogP contribution in [0.4, 0.5) is 0 Å². The van der Waals surface area contributed by atoms with Gasteiger partial charge in [0.2, 0.25) is 0 Å². The van der Waals surface area contributed by atoms with E-state index >= 15 is 0 Å². The van der Waals surface area contributed by atoms with Gasteiger partial charge >= 0.3 is 19.8 Å². The van der Waals surface area contributed by atoms with Crippen LogP contribution >= 0.6 is 7.82 Å². The standard InChI is InChI=1S/C47H76NO10P/c1-3-5-7-9-11-12-13-14-15-16-17-18-19-20-21-22-23-25-31-37-46(51)55-41-45(42-57-59(53,54)56-40-39-48)58-47(52)38-32-36-44(50)35-30-27-26-29-34-43(49)33-28-24-10-8-6-4-2/h5,7,11-12,14-15,17-18,20-21,24,26-30,34-35,43-45,49-50H,3-4,6,8-10,13,16,19,22-23,25,31-33,36-42,48H2,1-2H3,(H,53,54)/b7-5-,12-11-,15-14-,18-17-,21-20-,27-26+,28-24-,34-29+,35-30-/t43-,44-,45+/m0/s1. The second-order valence-electron chi connectivity index (χ2n) is 13.9. The van der Waals surface area contributed by atoms with E-state index in [0.717, 1.165) is 64.2 Å². The van der Waals surface area contributed by atoms with Gasteiger partial charge in [0.1, 0.15) is 6.61 Å². The van der Waals surface area contributed by atoms with Crippen molar-refractivity contribution in [3.63, 3.8) is 0 Å². The molecule has 5 N–H and O–H groups in total. The summed E-state index contributed by atoms with van der Waals surface area (Å²) in [6.07, 6.45) is 47.5. The van der Waals surface area contributed by atoms with Gasteiger partial charge in [-0.15, -0.1) is 0 Å². The molecule has 11 nitrogen and oxygen atoms in total. The molecule has 0 aromatic heterocycles. The van der Waals surface area contributed by atoms with Crippen molar-refractivity contribution in [3.8, 4) is 0 Å². The number of phosphoric ester groups is 1. The molecule has 0 aliphatic carbocycles. The smallest absolute Gasteiger partial charge is 0.462 e. The van der Waals surface area contributed by atoms with E-state index in [2.05, 4.69) is 80.7 Å². The van der Waals surface area contributed by atoms with E-state index < -0.39 is 44.7 Å². The summed E-state index contributed by atoms with van der Waals surface area (Å²) in [4.78, 5) is 34.9. The minimum atomic E-state index is -4.46. The zero-order chi connectivity index (χ0) is 43.5. The Balaban J connectivity index is 4.50. The van der Waals surface area contributed by atoms with Crippen molar-refractivity contribution in [2.45, 2.75) is 148 Å². The van der Waals surface area contributed by atoms with Crippen LogP contribution in [0.2, 0.25) is 0 Å². The molecule has 0 saturated carbocycles. The first-order valence-electron chi connectivity index (χ1n) is 21.6. The maximum absolute atomic E-state index is 12.6. The highest BCUT2D eigenvalue weighted by atomic mass is 31.2. The molecule has 0 rings (SSSR count). The van der Waals surface area contributed by atoms with Gasteiger partial charge in [0.25, 0.3) is 0 Å². The molecule has 334 valence electrons. The lowest BCUT2D eigenvalue weighted by atomic mass is 10.1. The Bertz CT molecular complexity index is 1360. The number of hydrogen-bond acceptors (Lipinski definition) is 10. The second kappa shape index (κ2) is 41.3. The van der Waals surface area contributed by atoms with E-state index in [1.165, 1.54) is 12.8 Å². The van der Waals surface area contributed by atoms with Crippen molar-refractivity contribution in [2.75, 3.05) is 26.4 Å². The monoisotopic (exact) mass is 846 g/mol. The fourth-order valence-electron chi connectivity index (χ4n) is 5.09. The Morgan fingerprint density at radius 1 is 0.627 bits per heavy atom. The van der Waals surface area contributed by atoms with Crippen LogP contribution in [0, 0.1) is 0 Å². The fraction of sp³-hybridized carbons (Fsp3) is 0.574. The lowest BCUT2D eigenvalue weighted by Gasteiger charge is -2.20. The van der Waals surface area contributed by atoms with E-state index in [1.54, 1.807) is 36.5 Å². The quantitative estimate of drug-likeness (QED) is 0.0153. The number of carbonyl (C=O) groups is 2. The molecule has 0 fully saturated rings. The lowest BCUT2D eigenvalue weighted by molar-refractivity contribution is -0.161. The number of nitrogens with two attached hydrogens (primary N) is 1. The van der Waals surface area contributed by atoms with Gasteiger partial charge < -0.3 is 30.3 Å². The summed E-state index contributed by atoms with van der Waals surface area (Å²) in [5.41, 5.74) is 5.33. The number of unbranched alkanes of at least 4 members (excludes halogenated alkanes) is 6. The second-order valence-corrected chi connectivity index (χ2v) is 15.3. The van der Waals surface area contributed by atoms with Crippen LogP contribution in [-0.4, -0.2) is 71.7 Å². The molecule has 12 heteroatoms. The summed E-state index contributed by atoms with van der Waals surface area (Å²) in [6, 6.07) is 0. The van der Waals surface area contributed by atoms with Crippen molar-refractivity contribution in [3.05, 3.63) is 109 Å². The molecule has 0 aliphatic rings. The number of allylic oxidation sites excluding steroid dienone is 15. The summed E-state index contributed by atoms with van der Waals surface area (Å²) < 4.78 is 32.5. The highest BCUT2D eigenvalue weighted by Crippen LogP contribution is 2.43. The van der Waals surface area contributed by atoms with Gasteiger partial charge in [0, 0.05) is 19.4 Å². The van der Waals surface area contributed by atoms with E-state index in [0.29, 0.717) is 19.3 Å². The first-order valence-corrected chi connectivity index (χ1v) is 23.1. The molecule has 0 bridgehead atoms. The van der Waals surface area contributed by atoms with Crippen molar-refractivity contribution in [1.82, 2.24) is 0 Å². The van der Waals surface area contributed by atoms with Gasteiger partial charge in [0.15, 0.2) is 6.10 Å². The fourth-order valence-corrected chi connectivity index (χ4v) is 5.85. The van der Waals surface area contributed by atoms with Crippen molar-refractivity contribution in [2.24, 2.45) is 5.73 Å². The van der Waals surface area contributed by atoms with Gasteiger partial charge in [-0.05, 0) is 83.5 Å². The number of esters is 2. The first kappa shape index (κ1) is 55.6. The topological polar surface area (TPSA) is 175 Å². The number of aliphatic hydroxyl groups is 2. The van der Waals surface area contributed by atoms with Crippen LogP contribution in [0.25, 0.3) is 0 Å². The van der Waals surface area contributed by atoms with Gasteiger partial charge in [-0.2, -0.15) is 0 Å². The number of aliphatic hydroxyl groups excluding tert-OH is 2. The van der Waals surface area contributed by atoms with Gasteiger partial charge in [-0.3, -0.25) is 18.6 Å². The molecular formula is C47H76NO10P. The third-order valence-electron chi connectivity index (χ3n) is 8.33. The minimum Gasteiger partial charge on any atom is -0.462 e. The molecule has 0 saturated heterocycles. The number of rotatable bonds is 38. The summed E-state index contributed by atoms with van der Waals surface area (Å²) in [5.74, 6) is -1.12. The Morgan fingerprint density at radius 2 is 1.19 bits per heavy atom. The molecule has 0 aromatic rings. The number of carbonyl (C=O) groups excluding carboxylic acids is 2. The maximum atomic E-state index is 12.6. The summed E-state index contributed by atoms with van der Waals surface area (Å²) >= 11 is 0. The maximum Gasteiger partial charge on any atom is 0.472 e. The summed E-state index contributed by atoms with van der Waals surface area (Å²) in [7, 11) is -4.46. The molecule has 0 aliphatic heterocycles. The minimum absolute atomic E-state index is 0.00211. The third-order valence-corrected chi connectivity index (χ3v) is 9.32. The average molecular weight is 846 g/mol. The lowest BCUT2D eigenvalue weighted by Crippen LogP contribution is -2.29. The zero-order valence-electron chi connectivity index (χ0n) is 35.9. The highest BCUT2D eigenvalue weighted by Gasteiger charge is 2.26. The van der Waals surface area contributed by atoms with Gasteiger partial charge in [-0.1, -0.05) is 142 Å². The third kappa shape index (κ3) is 41.1. The number of hydrogen-bond donors (Lipinski definition) is 4. The summed E-state index contributed by atoms with van der Waals surface area (Å²) in [6.45, 7) is 3.19. The molecule has 0 aromatic carbocycles. The molecule has 4 atom stereocenters. The number of phosphoric acid groups is 1. The van der Waals surface area contributed by atoms with Crippen LogP contribution < -0.4 is 5.73 Å². The van der Waals surface area contributed by atoms with E-state index in [9.17, 15) is 29.3 Å². The average Bonchev–Trinajstić information content (AvgIpc) is 3.21. The largest absolute Gasteiger partial charge is 0.472 e. The Hall–Kier alpha value is -3.41. The molecule has 0 heterocycles. The Morgan fingerprint density at radius 3 is 1.80 bits per heavy atom. The van der Waals surface area contributed by atoms with E-state index in [1.807, 2.05) is 6.08 Å². The normalized spacial score (nSPS) is 15.4. The molecular weight excluding hydrogens is 769 g/mol. The van der Waals surface area contributed by atoms with Crippen molar-refractivity contribution >= 4 is 19.8 Å².